The van der Waals surface area contributed by atoms with E-state index in [0.29, 0.717) is 32.5 Å². The molecule has 1 unspecified atom stereocenters. The van der Waals surface area contributed by atoms with Gasteiger partial charge in [-0.05, 0) is 60.2 Å². The fourth-order valence-electron chi connectivity index (χ4n) is 7.53. The molecule has 1 aliphatic heterocycles. The molecular formula is C32H63N5O2. The fraction of sp³-hybridized carbons (Fsp3) is 0.875. The van der Waals surface area contributed by atoms with Crippen LogP contribution in [0, 0.1) is 27.6 Å². The fourth-order valence-corrected chi connectivity index (χ4v) is 7.53. The van der Waals surface area contributed by atoms with E-state index in [-0.39, 0.29) is 39.4 Å². The molecule has 1 atom stereocenters. The summed E-state index contributed by atoms with van der Waals surface area (Å²) in [6.07, 6.45) is 6.28. The number of amides is 2. The predicted octanol–water partition coefficient (Wildman–Crippen LogP) is 5.07. The topological polar surface area (TPSA) is 99.5 Å². The number of rotatable bonds is 20. The highest BCUT2D eigenvalue weighted by Gasteiger charge is 2.51. The second kappa shape index (κ2) is 15.6. The van der Waals surface area contributed by atoms with Crippen LogP contribution in [0.2, 0.25) is 0 Å². The van der Waals surface area contributed by atoms with E-state index in [1.54, 1.807) is 0 Å². The molecule has 39 heavy (non-hydrogen) atoms. The number of hydrogen-bond donors (Lipinski definition) is 4. The molecule has 7 nitrogen and oxygen atoms in total. The van der Waals surface area contributed by atoms with Crippen molar-refractivity contribution in [3.63, 3.8) is 0 Å². The van der Waals surface area contributed by atoms with Gasteiger partial charge in [0.2, 0.25) is 11.8 Å². The monoisotopic (exact) mass is 549 g/mol. The molecule has 1 heterocycles. The lowest BCUT2D eigenvalue weighted by molar-refractivity contribution is -0.139. The van der Waals surface area contributed by atoms with Crippen molar-refractivity contribution in [2.45, 2.75) is 107 Å². The molecule has 0 aliphatic carbocycles. The lowest BCUT2D eigenvalue weighted by Crippen LogP contribution is -2.46. The van der Waals surface area contributed by atoms with Gasteiger partial charge in [-0.2, -0.15) is 0 Å². The SMILES string of the molecule is C=C(CC1CC(=O)N(CCNCCNCNCCN)C1=O)C(CC)(CC)C(C)(C)CC(CC)(CC)C(C)(C)C. The first-order chi connectivity index (χ1) is 18.2. The van der Waals surface area contributed by atoms with Gasteiger partial charge in [0.15, 0.2) is 0 Å². The molecule has 2 amide bonds. The zero-order chi connectivity index (χ0) is 29.9. The average molecular weight is 550 g/mol. The quantitative estimate of drug-likeness (QED) is 0.0733. The number of nitrogens with two attached hydrogens (primary N) is 1. The summed E-state index contributed by atoms with van der Waals surface area (Å²) >= 11 is 0. The summed E-state index contributed by atoms with van der Waals surface area (Å²) < 4.78 is 0. The Labute approximate surface area is 240 Å². The van der Waals surface area contributed by atoms with Crippen LogP contribution in [0.1, 0.15) is 107 Å². The minimum Gasteiger partial charge on any atom is -0.329 e. The molecule has 0 spiro atoms. The third-order valence-electron chi connectivity index (χ3n) is 10.3. The molecule has 228 valence electrons. The molecule has 5 N–H and O–H groups in total. The number of allylic oxidation sites excluding steroid dienone is 1. The van der Waals surface area contributed by atoms with Crippen LogP contribution in [-0.2, 0) is 9.59 Å². The van der Waals surface area contributed by atoms with Crippen LogP contribution in [-0.4, -0.2) is 62.7 Å². The highest BCUT2D eigenvalue weighted by atomic mass is 16.2. The van der Waals surface area contributed by atoms with E-state index in [4.69, 9.17) is 5.73 Å². The molecule has 1 aliphatic rings. The van der Waals surface area contributed by atoms with E-state index in [2.05, 4.69) is 84.8 Å². The summed E-state index contributed by atoms with van der Waals surface area (Å²) in [5.74, 6) is -0.374. The van der Waals surface area contributed by atoms with Gasteiger partial charge in [0.05, 0.1) is 5.92 Å². The molecule has 0 aromatic heterocycles. The van der Waals surface area contributed by atoms with Gasteiger partial charge in [0.25, 0.3) is 0 Å². The smallest absolute Gasteiger partial charge is 0.233 e. The van der Waals surface area contributed by atoms with E-state index in [9.17, 15) is 9.59 Å². The van der Waals surface area contributed by atoms with Gasteiger partial charge in [0.1, 0.15) is 0 Å². The number of hydrogen-bond acceptors (Lipinski definition) is 6. The summed E-state index contributed by atoms with van der Waals surface area (Å²) in [4.78, 5) is 27.6. The molecule has 0 saturated carbocycles. The van der Waals surface area contributed by atoms with Crippen LogP contribution in [0.4, 0.5) is 0 Å². The van der Waals surface area contributed by atoms with Crippen LogP contribution in [0.3, 0.4) is 0 Å². The van der Waals surface area contributed by atoms with Gasteiger partial charge in [0, 0.05) is 52.4 Å². The molecule has 0 bridgehead atoms. The summed E-state index contributed by atoms with van der Waals surface area (Å²) in [6, 6.07) is 0. The van der Waals surface area contributed by atoms with Crippen molar-refractivity contribution in [1.82, 2.24) is 20.9 Å². The Morgan fingerprint density at radius 2 is 1.46 bits per heavy atom. The third-order valence-corrected chi connectivity index (χ3v) is 10.3. The second-order valence-corrected chi connectivity index (χ2v) is 13.4. The van der Waals surface area contributed by atoms with Gasteiger partial charge in [-0.25, -0.2) is 0 Å². The zero-order valence-electron chi connectivity index (χ0n) is 27.0. The standard InChI is InChI=1S/C32H63N5O2/c1-11-31(12-2,29(6,7)8)23-30(9,10)32(13-3,14-4)25(5)21-26-22-27(38)37(28(26)39)20-19-34-17-18-36-24-35-16-15-33/h26,34-36H,5,11-24,33H2,1-4,6-10H3. The van der Waals surface area contributed by atoms with Crippen molar-refractivity contribution < 1.29 is 9.59 Å². The van der Waals surface area contributed by atoms with Crippen molar-refractivity contribution in [1.29, 1.82) is 0 Å². The maximum atomic E-state index is 13.3. The summed E-state index contributed by atoms with van der Waals surface area (Å²) in [5, 5.41) is 9.79. The molecular weight excluding hydrogens is 486 g/mol. The lowest BCUT2D eigenvalue weighted by atomic mass is 9.49. The Morgan fingerprint density at radius 1 is 0.897 bits per heavy atom. The Balaban J connectivity index is 2.86. The first-order valence-electron chi connectivity index (χ1n) is 15.6. The van der Waals surface area contributed by atoms with Crippen LogP contribution in [0.25, 0.3) is 0 Å². The van der Waals surface area contributed by atoms with Crippen LogP contribution < -0.4 is 21.7 Å². The maximum absolute atomic E-state index is 13.3. The van der Waals surface area contributed by atoms with Gasteiger partial charge in [-0.3, -0.25) is 14.5 Å². The number of nitrogens with zero attached hydrogens (tertiary/aromatic N) is 1. The van der Waals surface area contributed by atoms with Crippen molar-refractivity contribution in [2.75, 3.05) is 45.9 Å². The normalized spacial score (nSPS) is 17.4. The molecule has 1 rings (SSSR count). The molecule has 0 radical (unpaired) electrons. The summed E-state index contributed by atoms with van der Waals surface area (Å²) in [6.45, 7) is 30.6. The Morgan fingerprint density at radius 3 is 1.97 bits per heavy atom. The molecule has 1 fully saturated rings. The second-order valence-electron chi connectivity index (χ2n) is 13.4. The van der Waals surface area contributed by atoms with E-state index < -0.39 is 0 Å². The van der Waals surface area contributed by atoms with E-state index >= 15 is 0 Å². The average Bonchev–Trinajstić information content (AvgIpc) is 3.13. The largest absolute Gasteiger partial charge is 0.329 e. The number of imide groups is 1. The summed E-state index contributed by atoms with van der Waals surface area (Å²) in [7, 11) is 0. The lowest BCUT2D eigenvalue weighted by Gasteiger charge is -2.55. The van der Waals surface area contributed by atoms with Crippen LogP contribution in [0.5, 0.6) is 0 Å². The minimum atomic E-state index is -0.293. The Hall–Kier alpha value is -1.28. The van der Waals surface area contributed by atoms with E-state index in [1.165, 1.54) is 4.90 Å². The van der Waals surface area contributed by atoms with Crippen LogP contribution >= 0.6 is 0 Å². The zero-order valence-corrected chi connectivity index (χ0v) is 27.0. The highest BCUT2D eigenvalue weighted by Crippen LogP contribution is 2.60. The number of nitrogens with one attached hydrogen (secondary N) is 3. The van der Waals surface area contributed by atoms with Gasteiger partial charge in [-0.1, -0.05) is 74.5 Å². The van der Waals surface area contributed by atoms with Crippen molar-refractivity contribution in [2.24, 2.45) is 33.3 Å². The van der Waals surface area contributed by atoms with Gasteiger partial charge in [-0.15, -0.1) is 0 Å². The molecule has 1 saturated heterocycles. The Kier molecular flexibility index (Phi) is 14.3. The van der Waals surface area contributed by atoms with Crippen molar-refractivity contribution >= 4 is 11.8 Å². The van der Waals surface area contributed by atoms with Gasteiger partial charge >= 0.3 is 0 Å². The molecule has 0 aromatic rings. The predicted molar refractivity (Wildman–Crippen MR) is 165 cm³/mol. The molecule has 0 aromatic carbocycles. The Bertz CT molecular complexity index is 778. The van der Waals surface area contributed by atoms with Crippen molar-refractivity contribution in [3.8, 4) is 0 Å². The van der Waals surface area contributed by atoms with Gasteiger partial charge < -0.3 is 21.7 Å². The number of likely N-dealkylation sites (tertiary alicyclic amines) is 1. The van der Waals surface area contributed by atoms with E-state index in [0.717, 1.165) is 64.0 Å². The van der Waals surface area contributed by atoms with Crippen LogP contribution in [0.15, 0.2) is 12.2 Å². The number of carbonyl (C=O) groups is 2. The number of carbonyl (C=O) groups excluding carboxylic acids is 2. The minimum absolute atomic E-state index is 0.00994. The summed E-state index contributed by atoms with van der Waals surface area (Å²) in [5.41, 5.74) is 6.96. The van der Waals surface area contributed by atoms with E-state index in [1.807, 2.05) is 0 Å². The third kappa shape index (κ3) is 8.61. The first kappa shape index (κ1) is 35.7. The van der Waals surface area contributed by atoms with Crippen molar-refractivity contribution in [3.05, 3.63) is 12.2 Å². The maximum Gasteiger partial charge on any atom is 0.233 e. The molecule has 7 heteroatoms. The first-order valence-corrected chi connectivity index (χ1v) is 15.6. The highest BCUT2D eigenvalue weighted by molar-refractivity contribution is 6.03.